The fourth-order valence-corrected chi connectivity index (χ4v) is 1.33. The van der Waals surface area contributed by atoms with Gasteiger partial charge >= 0.3 is 0 Å². The van der Waals surface area contributed by atoms with E-state index in [1.165, 1.54) is 0 Å². The number of anilines is 1. The van der Waals surface area contributed by atoms with Crippen molar-refractivity contribution in [1.82, 2.24) is 4.98 Å². The molecule has 4 heteroatoms. The van der Waals surface area contributed by atoms with Gasteiger partial charge in [-0.15, -0.1) is 0 Å². The van der Waals surface area contributed by atoms with Crippen molar-refractivity contribution >= 4 is 5.69 Å². The molecule has 0 aliphatic carbocycles. The first kappa shape index (κ1) is 7.87. The van der Waals surface area contributed by atoms with Crippen LogP contribution >= 0.6 is 0 Å². The molecule has 1 aliphatic heterocycles. The summed E-state index contributed by atoms with van der Waals surface area (Å²) in [6.45, 7) is 3.20. The van der Waals surface area contributed by atoms with Crippen molar-refractivity contribution in [2.24, 2.45) is 0 Å². The molecule has 13 heavy (non-hydrogen) atoms. The van der Waals surface area contributed by atoms with E-state index < -0.39 is 0 Å². The molecule has 0 atom stereocenters. The molecule has 1 aromatic rings. The molecule has 0 bridgehead atoms. The molecule has 1 aromatic heterocycles. The topological polar surface area (TPSA) is 57.9 Å². The van der Waals surface area contributed by atoms with Crippen molar-refractivity contribution in [2.75, 3.05) is 18.5 Å². The van der Waals surface area contributed by atoms with Crippen LogP contribution in [0.2, 0.25) is 0 Å². The summed E-state index contributed by atoms with van der Waals surface area (Å²) in [5.41, 5.74) is 2.23. The number of hydrogen-bond acceptors (Lipinski definition) is 4. The van der Waals surface area contributed by atoms with Crippen LogP contribution in [0.3, 0.4) is 0 Å². The van der Waals surface area contributed by atoms with Crippen LogP contribution < -0.4 is 10.1 Å². The van der Waals surface area contributed by atoms with Gasteiger partial charge in [0.1, 0.15) is 18.4 Å². The Morgan fingerprint density at radius 3 is 3.31 bits per heavy atom. The third-order valence-corrected chi connectivity index (χ3v) is 1.99. The average Bonchev–Trinajstić information content (AvgIpc) is 2.18. The molecule has 0 spiro atoms. The van der Waals surface area contributed by atoms with Crippen LogP contribution in [0.15, 0.2) is 6.20 Å². The summed E-state index contributed by atoms with van der Waals surface area (Å²) in [7, 11) is 0. The normalized spacial score (nSPS) is 13.5. The number of rotatable bonds is 0. The number of pyridine rings is 1. The van der Waals surface area contributed by atoms with E-state index in [9.17, 15) is 0 Å². The second kappa shape index (κ2) is 2.94. The molecule has 0 saturated heterocycles. The summed E-state index contributed by atoms with van der Waals surface area (Å²) in [5, 5.41) is 12.0. The van der Waals surface area contributed by atoms with Crippen LogP contribution in [0.4, 0.5) is 5.69 Å². The zero-order valence-electron chi connectivity index (χ0n) is 7.29. The van der Waals surface area contributed by atoms with Gasteiger partial charge in [0.05, 0.1) is 5.56 Å². The van der Waals surface area contributed by atoms with Crippen LogP contribution in [0.5, 0.6) is 5.88 Å². The predicted octanol–water partition coefficient (Wildman–Crippen LogP) is 1.07. The molecule has 0 unspecified atom stereocenters. The summed E-state index contributed by atoms with van der Waals surface area (Å²) >= 11 is 0. The SMILES string of the molecule is Cc1cnc2c(c1C#N)NCCO2. The molecule has 0 saturated carbocycles. The lowest BCUT2D eigenvalue weighted by molar-refractivity contribution is 0.310. The fourth-order valence-electron chi connectivity index (χ4n) is 1.33. The van der Waals surface area contributed by atoms with E-state index in [0.717, 1.165) is 17.8 Å². The Kier molecular flexibility index (Phi) is 1.78. The van der Waals surface area contributed by atoms with Gasteiger partial charge in [-0.1, -0.05) is 0 Å². The zero-order valence-corrected chi connectivity index (χ0v) is 7.29. The highest BCUT2D eigenvalue weighted by molar-refractivity contribution is 5.66. The third-order valence-electron chi connectivity index (χ3n) is 1.99. The Morgan fingerprint density at radius 1 is 1.69 bits per heavy atom. The highest BCUT2D eigenvalue weighted by Crippen LogP contribution is 2.29. The van der Waals surface area contributed by atoms with E-state index in [0.29, 0.717) is 18.1 Å². The largest absolute Gasteiger partial charge is 0.474 e. The lowest BCUT2D eigenvalue weighted by Gasteiger charge is -2.19. The highest BCUT2D eigenvalue weighted by Gasteiger charge is 2.16. The summed E-state index contributed by atoms with van der Waals surface area (Å²) in [5.74, 6) is 0.536. The molecular weight excluding hydrogens is 166 g/mol. The van der Waals surface area contributed by atoms with Gasteiger partial charge in [0.25, 0.3) is 0 Å². The molecule has 66 valence electrons. The van der Waals surface area contributed by atoms with Gasteiger partial charge in [-0.3, -0.25) is 0 Å². The Bertz CT molecular complexity index is 381. The molecule has 0 radical (unpaired) electrons. The number of aromatic nitrogens is 1. The Balaban J connectivity index is 2.60. The van der Waals surface area contributed by atoms with Crippen molar-refractivity contribution in [1.29, 1.82) is 5.26 Å². The van der Waals surface area contributed by atoms with E-state index in [-0.39, 0.29) is 0 Å². The van der Waals surface area contributed by atoms with Gasteiger partial charge in [0, 0.05) is 12.7 Å². The number of fused-ring (bicyclic) bond motifs is 1. The van der Waals surface area contributed by atoms with Crippen molar-refractivity contribution in [3.63, 3.8) is 0 Å². The van der Waals surface area contributed by atoms with Crippen LogP contribution in [0, 0.1) is 18.3 Å². The lowest BCUT2D eigenvalue weighted by atomic mass is 10.1. The first-order valence-electron chi connectivity index (χ1n) is 4.09. The van der Waals surface area contributed by atoms with E-state index in [2.05, 4.69) is 16.4 Å². The summed E-state index contributed by atoms with van der Waals surface area (Å²) in [6, 6.07) is 2.14. The maximum absolute atomic E-state index is 8.90. The summed E-state index contributed by atoms with van der Waals surface area (Å²) in [6.07, 6.45) is 1.66. The highest BCUT2D eigenvalue weighted by atomic mass is 16.5. The predicted molar refractivity (Wildman–Crippen MR) is 47.7 cm³/mol. The third kappa shape index (κ3) is 1.18. The molecule has 1 aliphatic rings. The van der Waals surface area contributed by atoms with E-state index in [1.807, 2.05) is 6.92 Å². The molecular formula is C9H9N3O. The summed E-state index contributed by atoms with van der Waals surface area (Å²) in [4.78, 5) is 4.09. The smallest absolute Gasteiger partial charge is 0.238 e. The lowest BCUT2D eigenvalue weighted by Crippen LogP contribution is -2.20. The maximum Gasteiger partial charge on any atom is 0.238 e. The maximum atomic E-state index is 8.90. The van der Waals surface area contributed by atoms with Crippen molar-refractivity contribution < 1.29 is 4.74 Å². The molecule has 0 aromatic carbocycles. The fraction of sp³-hybridized carbons (Fsp3) is 0.333. The number of hydrogen-bond donors (Lipinski definition) is 1. The second-order valence-electron chi connectivity index (χ2n) is 2.88. The minimum atomic E-state index is 0.536. The summed E-state index contributed by atoms with van der Waals surface area (Å²) < 4.78 is 5.30. The first-order chi connectivity index (χ1) is 6.33. The van der Waals surface area contributed by atoms with Crippen LogP contribution in [-0.4, -0.2) is 18.1 Å². The Morgan fingerprint density at radius 2 is 2.54 bits per heavy atom. The number of ether oxygens (including phenoxy) is 1. The molecule has 0 amide bonds. The Hall–Kier alpha value is -1.76. The zero-order chi connectivity index (χ0) is 9.26. The van der Waals surface area contributed by atoms with Gasteiger partial charge in [-0.25, -0.2) is 4.98 Å². The minimum Gasteiger partial charge on any atom is -0.474 e. The van der Waals surface area contributed by atoms with E-state index in [1.54, 1.807) is 6.20 Å². The van der Waals surface area contributed by atoms with E-state index >= 15 is 0 Å². The van der Waals surface area contributed by atoms with Crippen molar-refractivity contribution in [3.8, 4) is 11.9 Å². The van der Waals surface area contributed by atoms with Gasteiger partial charge in [-0.05, 0) is 12.5 Å². The second-order valence-corrected chi connectivity index (χ2v) is 2.88. The number of nitrogens with one attached hydrogen (secondary N) is 1. The molecule has 4 nitrogen and oxygen atoms in total. The van der Waals surface area contributed by atoms with Crippen LogP contribution in [0.25, 0.3) is 0 Å². The molecule has 0 fully saturated rings. The van der Waals surface area contributed by atoms with Crippen molar-refractivity contribution in [3.05, 3.63) is 17.3 Å². The first-order valence-corrected chi connectivity index (χ1v) is 4.09. The molecule has 2 heterocycles. The monoisotopic (exact) mass is 175 g/mol. The number of nitrogens with zero attached hydrogens (tertiary/aromatic N) is 2. The van der Waals surface area contributed by atoms with E-state index in [4.69, 9.17) is 10.00 Å². The number of nitriles is 1. The van der Waals surface area contributed by atoms with Gasteiger partial charge in [-0.2, -0.15) is 5.26 Å². The molecule has 1 N–H and O–H groups in total. The quantitative estimate of drug-likeness (QED) is 0.640. The minimum absolute atomic E-state index is 0.536. The van der Waals surface area contributed by atoms with Crippen LogP contribution in [0.1, 0.15) is 11.1 Å². The number of aryl methyl sites for hydroxylation is 1. The van der Waals surface area contributed by atoms with Crippen LogP contribution in [-0.2, 0) is 0 Å². The Labute approximate surface area is 76.2 Å². The van der Waals surface area contributed by atoms with Gasteiger partial charge in [0.15, 0.2) is 0 Å². The standard InChI is InChI=1S/C9H9N3O/c1-6-5-12-9-8(7(6)4-10)11-2-3-13-9/h5,11H,2-3H2,1H3. The van der Waals surface area contributed by atoms with Gasteiger partial charge in [0.2, 0.25) is 5.88 Å². The average molecular weight is 175 g/mol. The van der Waals surface area contributed by atoms with Gasteiger partial charge < -0.3 is 10.1 Å². The molecule has 2 rings (SSSR count). The van der Waals surface area contributed by atoms with Crippen molar-refractivity contribution in [2.45, 2.75) is 6.92 Å².